The smallest absolute Gasteiger partial charge is 0.326 e. The van der Waals surface area contributed by atoms with E-state index in [2.05, 4.69) is 10.6 Å². The maximum atomic E-state index is 13.2. The summed E-state index contributed by atoms with van der Waals surface area (Å²) in [5.41, 5.74) is 0.170. The predicted molar refractivity (Wildman–Crippen MR) is 79.5 cm³/mol. The van der Waals surface area contributed by atoms with Gasteiger partial charge in [0.2, 0.25) is 0 Å². The van der Waals surface area contributed by atoms with Crippen molar-refractivity contribution in [2.45, 2.75) is 32.2 Å². The van der Waals surface area contributed by atoms with Crippen LogP contribution in [0.25, 0.3) is 0 Å². The second-order valence-corrected chi connectivity index (χ2v) is 5.20. The van der Waals surface area contributed by atoms with Gasteiger partial charge < -0.3 is 15.7 Å². The zero-order valence-corrected chi connectivity index (χ0v) is 12.8. The van der Waals surface area contributed by atoms with Crippen molar-refractivity contribution in [2.75, 3.05) is 5.32 Å². The fourth-order valence-corrected chi connectivity index (χ4v) is 2.11. The van der Waals surface area contributed by atoms with E-state index in [0.29, 0.717) is 12.8 Å². The molecule has 0 spiro atoms. The molecule has 0 aliphatic heterocycles. The number of carbonyl (C=O) groups excluding carboxylic acids is 1. The lowest BCUT2D eigenvalue weighted by Gasteiger charge is -2.15. The van der Waals surface area contributed by atoms with Crippen molar-refractivity contribution in [2.24, 2.45) is 0 Å². The van der Waals surface area contributed by atoms with Gasteiger partial charge in [-0.05, 0) is 18.6 Å². The first-order valence-corrected chi connectivity index (χ1v) is 7.05. The first-order valence-electron chi connectivity index (χ1n) is 6.30. The maximum Gasteiger partial charge on any atom is 0.326 e. The predicted octanol–water partition coefficient (Wildman–Crippen LogP) is 3.90. The first kappa shape index (κ1) is 17.5. The average Bonchev–Trinajstić information content (AvgIpc) is 2.40. The van der Waals surface area contributed by atoms with Gasteiger partial charge >= 0.3 is 12.0 Å². The van der Waals surface area contributed by atoms with Crippen LogP contribution in [0.2, 0.25) is 10.0 Å². The summed E-state index contributed by atoms with van der Waals surface area (Å²) < 4.78 is 13.2. The molecule has 1 aromatic rings. The summed E-state index contributed by atoms with van der Waals surface area (Å²) in [6.07, 6.45) is 1.81. The number of carbonyl (C=O) groups is 2. The van der Waals surface area contributed by atoms with Gasteiger partial charge in [0, 0.05) is 5.69 Å². The summed E-state index contributed by atoms with van der Waals surface area (Å²) in [6.45, 7) is 1.92. The highest BCUT2D eigenvalue weighted by Gasteiger charge is 2.19. The number of hydrogen-bond donors (Lipinski definition) is 3. The Morgan fingerprint density at radius 1 is 1.33 bits per heavy atom. The van der Waals surface area contributed by atoms with E-state index in [1.54, 1.807) is 0 Å². The molecule has 5 nitrogen and oxygen atoms in total. The molecule has 1 aromatic carbocycles. The van der Waals surface area contributed by atoms with Crippen molar-refractivity contribution in [1.82, 2.24) is 5.32 Å². The van der Waals surface area contributed by atoms with Gasteiger partial charge in [-0.1, -0.05) is 43.0 Å². The van der Waals surface area contributed by atoms with Crippen LogP contribution < -0.4 is 10.6 Å². The summed E-state index contributed by atoms with van der Waals surface area (Å²) in [5.74, 6) is -1.90. The molecule has 0 fully saturated rings. The first-order chi connectivity index (χ1) is 9.85. The Bertz CT molecular complexity index is 517. The lowest BCUT2D eigenvalue weighted by Crippen LogP contribution is -2.42. The fraction of sp³-hybridized carbons (Fsp3) is 0.385. The zero-order valence-electron chi connectivity index (χ0n) is 11.3. The number of benzene rings is 1. The van der Waals surface area contributed by atoms with E-state index in [-0.39, 0.29) is 15.7 Å². The summed E-state index contributed by atoms with van der Waals surface area (Å²) in [5, 5.41) is 13.2. The minimum absolute atomic E-state index is 0.170. The molecular formula is C13H15Cl2FN2O3. The highest BCUT2D eigenvalue weighted by Crippen LogP contribution is 2.27. The summed E-state index contributed by atoms with van der Waals surface area (Å²) in [6, 6.07) is 0.655. The van der Waals surface area contributed by atoms with Gasteiger partial charge in [-0.15, -0.1) is 0 Å². The number of aliphatic carboxylic acids is 1. The lowest BCUT2D eigenvalue weighted by molar-refractivity contribution is -0.139. The monoisotopic (exact) mass is 336 g/mol. The molecule has 2 amide bonds. The van der Waals surface area contributed by atoms with Crippen LogP contribution in [0.15, 0.2) is 12.1 Å². The van der Waals surface area contributed by atoms with E-state index in [1.165, 1.54) is 12.1 Å². The Morgan fingerprint density at radius 3 is 2.38 bits per heavy atom. The summed E-state index contributed by atoms with van der Waals surface area (Å²) in [4.78, 5) is 22.7. The van der Waals surface area contributed by atoms with Crippen LogP contribution in [0.5, 0.6) is 0 Å². The third-order valence-electron chi connectivity index (χ3n) is 2.69. The van der Waals surface area contributed by atoms with Gasteiger partial charge in [0.05, 0.1) is 10.0 Å². The van der Waals surface area contributed by atoms with Crippen LogP contribution >= 0.6 is 23.2 Å². The van der Waals surface area contributed by atoms with E-state index in [4.69, 9.17) is 28.3 Å². The van der Waals surface area contributed by atoms with E-state index in [0.717, 1.165) is 6.42 Å². The third kappa shape index (κ3) is 5.40. The van der Waals surface area contributed by atoms with Crippen LogP contribution in [0, 0.1) is 5.82 Å². The Balaban J connectivity index is 2.70. The SMILES string of the molecule is CCCC[C@H](NC(=O)Nc1cc(Cl)c(F)c(Cl)c1)C(=O)O. The molecule has 0 saturated heterocycles. The van der Waals surface area contributed by atoms with Crippen molar-refractivity contribution >= 4 is 40.9 Å². The molecule has 0 unspecified atom stereocenters. The maximum absolute atomic E-state index is 13.2. The van der Waals surface area contributed by atoms with Gasteiger partial charge in [0.1, 0.15) is 6.04 Å². The van der Waals surface area contributed by atoms with Gasteiger partial charge in [0.15, 0.2) is 5.82 Å². The molecule has 0 bridgehead atoms. The molecule has 8 heteroatoms. The topological polar surface area (TPSA) is 78.4 Å². The van der Waals surface area contributed by atoms with E-state index >= 15 is 0 Å². The number of carboxylic acid groups (broad SMARTS) is 1. The molecule has 0 saturated carbocycles. The number of urea groups is 1. The van der Waals surface area contributed by atoms with E-state index in [9.17, 15) is 14.0 Å². The van der Waals surface area contributed by atoms with Gasteiger partial charge in [0.25, 0.3) is 0 Å². The van der Waals surface area contributed by atoms with Gasteiger partial charge in [-0.3, -0.25) is 0 Å². The highest BCUT2D eigenvalue weighted by atomic mass is 35.5. The Morgan fingerprint density at radius 2 is 1.90 bits per heavy atom. The normalized spacial score (nSPS) is 11.8. The molecule has 116 valence electrons. The molecular weight excluding hydrogens is 322 g/mol. The number of hydrogen-bond acceptors (Lipinski definition) is 2. The minimum Gasteiger partial charge on any atom is -0.480 e. The standard InChI is InChI=1S/C13H15Cl2FN2O3/c1-2-3-4-10(12(19)20)18-13(21)17-7-5-8(14)11(16)9(15)6-7/h5-6,10H,2-4H2,1H3,(H,19,20)(H2,17,18,21)/t10-/m0/s1. The number of anilines is 1. The molecule has 0 radical (unpaired) electrons. The zero-order chi connectivity index (χ0) is 16.0. The Labute approximate surface area is 131 Å². The molecule has 1 rings (SSSR count). The van der Waals surface area contributed by atoms with Gasteiger partial charge in [-0.2, -0.15) is 0 Å². The number of unbranched alkanes of at least 4 members (excludes halogenated alkanes) is 1. The molecule has 0 aromatic heterocycles. The molecule has 21 heavy (non-hydrogen) atoms. The quantitative estimate of drug-likeness (QED) is 0.689. The van der Waals surface area contributed by atoms with Crippen LogP contribution in [0.4, 0.5) is 14.9 Å². The summed E-state index contributed by atoms with van der Waals surface area (Å²) in [7, 11) is 0. The Kier molecular flexibility index (Phi) is 6.71. The van der Waals surface area contributed by atoms with Crippen LogP contribution in [0.3, 0.4) is 0 Å². The van der Waals surface area contributed by atoms with Crippen molar-refractivity contribution < 1.29 is 19.1 Å². The molecule has 0 aliphatic rings. The van der Waals surface area contributed by atoms with Gasteiger partial charge in [-0.25, -0.2) is 14.0 Å². The largest absolute Gasteiger partial charge is 0.480 e. The second kappa shape index (κ2) is 8.05. The second-order valence-electron chi connectivity index (χ2n) is 4.39. The Hall–Kier alpha value is -1.53. The van der Waals surface area contributed by atoms with Crippen LogP contribution in [-0.2, 0) is 4.79 Å². The van der Waals surface area contributed by atoms with E-state index in [1.807, 2.05) is 6.92 Å². The van der Waals surface area contributed by atoms with E-state index < -0.39 is 23.9 Å². The average molecular weight is 337 g/mol. The number of carboxylic acids is 1. The minimum atomic E-state index is -1.12. The number of nitrogens with one attached hydrogen (secondary N) is 2. The molecule has 1 atom stereocenters. The molecule has 0 aliphatic carbocycles. The number of rotatable bonds is 6. The molecule has 3 N–H and O–H groups in total. The lowest BCUT2D eigenvalue weighted by atomic mass is 10.1. The van der Waals surface area contributed by atoms with Crippen molar-refractivity contribution in [3.05, 3.63) is 28.0 Å². The van der Waals surface area contributed by atoms with Crippen molar-refractivity contribution in [1.29, 1.82) is 0 Å². The third-order valence-corrected chi connectivity index (χ3v) is 3.24. The van der Waals surface area contributed by atoms with Crippen LogP contribution in [0.1, 0.15) is 26.2 Å². The van der Waals surface area contributed by atoms with Crippen molar-refractivity contribution in [3.63, 3.8) is 0 Å². The number of halogens is 3. The van der Waals surface area contributed by atoms with Crippen molar-refractivity contribution in [3.8, 4) is 0 Å². The summed E-state index contributed by atoms with van der Waals surface area (Å²) >= 11 is 11.2. The number of amides is 2. The van der Waals surface area contributed by atoms with Crippen LogP contribution in [-0.4, -0.2) is 23.1 Å². The highest BCUT2D eigenvalue weighted by molar-refractivity contribution is 6.35. The fourth-order valence-electron chi connectivity index (χ4n) is 1.62. The molecule has 0 heterocycles.